The zero-order valence-corrected chi connectivity index (χ0v) is 9.93. The van der Waals surface area contributed by atoms with Crippen LogP contribution in [-0.2, 0) is 0 Å². The molecule has 0 amide bonds. The molecule has 0 bridgehead atoms. The van der Waals surface area contributed by atoms with E-state index < -0.39 is 0 Å². The zero-order chi connectivity index (χ0) is 10.1. The molecule has 0 aliphatic heterocycles. The lowest BCUT2D eigenvalue weighted by Crippen LogP contribution is -2.03. The van der Waals surface area contributed by atoms with Crippen molar-refractivity contribution in [1.82, 2.24) is 4.98 Å². The summed E-state index contributed by atoms with van der Waals surface area (Å²) in [5, 5.41) is 2.87. The molecule has 2 rings (SSSR count). The van der Waals surface area contributed by atoms with Gasteiger partial charge in [0.25, 0.3) is 0 Å². The van der Waals surface area contributed by atoms with E-state index in [1.807, 2.05) is 24.4 Å². The van der Waals surface area contributed by atoms with Crippen molar-refractivity contribution in [3.63, 3.8) is 0 Å². The van der Waals surface area contributed by atoms with Crippen LogP contribution < -0.4 is 5.73 Å². The first kappa shape index (κ1) is 9.89. The van der Waals surface area contributed by atoms with Crippen molar-refractivity contribution in [2.45, 2.75) is 13.0 Å². The smallest absolute Gasteiger partial charge is 0.169 e. The van der Waals surface area contributed by atoms with Gasteiger partial charge in [-0.2, -0.15) is 0 Å². The molecule has 0 saturated heterocycles. The van der Waals surface area contributed by atoms with Crippen LogP contribution in [0.3, 0.4) is 0 Å². The predicted molar refractivity (Wildman–Crippen MR) is 60.1 cm³/mol. The molecule has 0 aromatic carbocycles. The summed E-state index contributed by atoms with van der Waals surface area (Å²) in [6, 6.07) is 3.71. The van der Waals surface area contributed by atoms with Crippen LogP contribution in [0.15, 0.2) is 26.6 Å². The van der Waals surface area contributed by atoms with E-state index in [0.29, 0.717) is 4.67 Å². The third-order valence-corrected chi connectivity index (χ3v) is 3.21. The normalized spacial score (nSPS) is 13.1. The molecule has 0 spiro atoms. The van der Waals surface area contributed by atoms with E-state index in [9.17, 15) is 0 Å². The van der Waals surface area contributed by atoms with Gasteiger partial charge in [0.05, 0.1) is 6.04 Å². The Morgan fingerprint density at radius 3 is 2.86 bits per heavy atom. The average Bonchev–Trinajstić information content (AvgIpc) is 2.70. The van der Waals surface area contributed by atoms with Gasteiger partial charge in [0, 0.05) is 5.38 Å². The second kappa shape index (κ2) is 3.84. The molecule has 14 heavy (non-hydrogen) atoms. The first-order valence-electron chi connectivity index (χ1n) is 4.13. The molecule has 2 aromatic rings. The highest BCUT2D eigenvalue weighted by Crippen LogP contribution is 2.27. The molecule has 2 heterocycles. The summed E-state index contributed by atoms with van der Waals surface area (Å²) >= 11 is 4.80. The molecule has 0 saturated carbocycles. The Morgan fingerprint density at radius 1 is 1.57 bits per heavy atom. The van der Waals surface area contributed by atoms with Crippen molar-refractivity contribution >= 4 is 27.3 Å². The van der Waals surface area contributed by atoms with Crippen LogP contribution in [-0.4, -0.2) is 4.98 Å². The van der Waals surface area contributed by atoms with Gasteiger partial charge in [-0.05, 0) is 35.0 Å². The lowest BCUT2D eigenvalue weighted by atomic mass is 10.3. The molecule has 5 heteroatoms. The summed E-state index contributed by atoms with van der Waals surface area (Å²) < 4.78 is 6.09. The minimum Gasteiger partial charge on any atom is -0.448 e. The van der Waals surface area contributed by atoms with Gasteiger partial charge in [-0.1, -0.05) is 0 Å². The van der Waals surface area contributed by atoms with Crippen LogP contribution in [0.5, 0.6) is 0 Å². The number of rotatable bonds is 2. The molecule has 74 valence electrons. The third kappa shape index (κ3) is 1.89. The highest BCUT2D eigenvalue weighted by molar-refractivity contribution is 9.10. The summed E-state index contributed by atoms with van der Waals surface area (Å²) in [4.78, 5) is 4.37. The van der Waals surface area contributed by atoms with Crippen molar-refractivity contribution in [1.29, 1.82) is 0 Å². The van der Waals surface area contributed by atoms with Gasteiger partial charge in [0.15, 0.2) is 10.4 Å². The van der Waals surface area contributed by atoms with Crippen molar-refractivity contribution in [3.05, 3.63) is 27.2 Å². The van der Waals surface area contributed by atoms with Crippen LogP contribution >= 0.6 is 27.3 Å². The lowest BCUT2D eigenvalue weighted by Gasteiger charge is -1.96. The van der Waals surface area contributed by atoms with Gasteiger partial charge in [-0.3, -0.25) is 0 Å². The van der Waals surface area contributed by atoms with Crippen LogP contribution in [0.4, 0.5) is 0 Å². The second-order valence-electron chi connectivity index (χ2n) is 2.96. The molecular formula is C9H9BrN2OS. The summed E-state index contributed by atoms with van der Waals surface area (Å²) in [6.07, 6.45) is 0. The molecule has 1 atom stereocenters. The number of nitrogens with two attached hydrogens (primary N) is 1. The van der Waals surface area contributed by atoms with E-state index >= 15 is 0 Å². The maximum atomic E-state index is 5.72. The number of thiazole rings is 1. The maximum absolute atomic E-state index is 5.72. The summed E-state index contributed by atoms with van der Waals surface area (Å²) in [7, 11) is 0. The van der Waals surface area contributed by atoms with Crippen molar-refractivity contribution in [3.8, 4) is 11.5 Å². The molecule has 0 aliphatic carbocycles. The van der Waals surface area contributed by atoms with Gasteiger partial charge in [-0.15, -0.1) is 11.3 Å². The Balaban J connectivity index is 2.33. The first-order chi connectivity index (χ1) is 6.66. The Kier molecular flexibility index (Phi) is 2.71. The van der Waals surface area contributed by atoms with Gasteiger partial charge in [-0.25, -0.2) is 4.98 Å². The number of furan rings is 1. The van der Waals surface area contributed by atoms with E-state index in [1.165, 1.54) is 0 Å². The Hall–Kier alpha value is -0.650. The number of hydrogen-bond acceptors (Lipinski definition) is 4. The van der Waals surface area contributed by atoms with Crippen LogP contribution in [0.25, 0.3) is 11.5 Å². The fourth-order valence-electron chi connectivity index (χ4n) is 1.06. The zero-order valence-electron chi connectivity index (χ0n) is 7.53. The lowest BCUT2D eigenvalue weighted by molar-refractivity contribution is 0.554. The van der Waals surface area contributed by atoms with Gasteiger partial charge in [0.1, 0.15) is 10.7 Å². The van der Waals surface area contributed by atoms with E-state index in [4.69, 9.17) is 10.2 Å². The van der Waals surface area contributed by atoms with E-state index in [2.05, 4.69) is 20.9 Å². The number of nitrogens with zero attached hydrogens (tertiary/aromatic N) is 1. The summed E-state index contributed by atoms with van der Waals surface area (Å²) in [5.41, 5.74) is 6.56. The molecule has 0 radical (unpaired) electrons. The van der Waals surface area contributed by atoms with E-state index in [-0.39, 0.29) is 6.04 Å². The van der Waals surface area contributed by atoms with Crippen LogP contribution in [0, 0.1) is 0 Å². The Bertz CT molecular complexity index is 435. The SMILES string of the molecule is CC(N)c1nc(-c2ccc(Br)o2)cs1. The molecule has 2 N–H and O–H groups in total. The topological polar surface area (TPSA) is 52.0 Å². The quantitative estimate of drug-likeness (QED) is 0.914. The molecule has 2 aromatic heterocycles. The van der Waals surface area contributed by atoms with Crippen molar-refractivity contribution in [2.75, 3.05) is 0 Å². The number of hydrogen-bond donors (Lipinski definition) is 1. The van der Waals surface area contributed by atoms with E-state index in [0.717, 1.165) is 16.5 Å². The molecule has 0 fully saturated rings. The van der Waals surface area contributed by atoms with Crippen molar-refractivity contribution in [2.24, 2.45) is 5.73 Å². The highest BCUT2D eigenvalue weighted by Gasteiger charge is 2.10. The van der Waals surface area contributed by atoms with Crippen LogP contribution in [0.2, 0.25) is 0 Å². The van der Waals surface area contributed by atoms with Gasteiger partial charge < -0.3 is 10.2 Å². The molecule has 1 unspecified atom stereocenters. The highest BCUT2D eigenvalue weighted by atomic mass is 79.9. The number of aromatic nitrogens is 1. The van der Waals surface area contributed by atoms with Gasteiger partial charge >= 0.3 is 0 Å². The molecular weight excluding hydrogens is 264 g/mol. The minimum absolute atomic E-state index is 0.0212. The maximum Gasteiger partial charge on any atom is 0.169 e. The van der Waals surface area contributed by atoms with Crippen LogP contribution in [0.1, 0.15) is 18.0 Å². The third-order valence-electron chi connectivity index (χ3n) is 1.74. The van der Waals surface area contributed by atoms with E-state index in [1.54, 1.807) is 11.3 Å². The average molecular weight is 273 g/mol. The number of halogens is 1. The standard InChI is InChI=1S/C9H9BrN2OS/c1-5(11)9-12-6(4-14-9)7-2-3-8(10)13-7/h2-5H,11H2,1H3. The predicted octanol–water partition coefficient (Wildman–Crippen LogP) is 3.19. The fourth-order valence-corrected chi connectivity index (χ4v) is 2.14. The fraction of sp³-hybridized carbons (Fsp3) is 0.222. The monoisotopic (exact) mass is 272 g/mol. The Morgan fingerprint density at radius 2 is 2.36 bits per heavy atom. The Labute approximate surface area is 94.1 Å². The minimum atomic E-state index is -0.0212. The first-order valence-corrected chi connectivity index (χ1v) is 5.81. The van der Waals surface area contributed by atoms with Gasteiger partial charge in [0.2, 0.25) is 0 Å². The largest absolute Gasteiger partial charge is 0.448 e. The summed E-state index contributed by atoms with van der Waals surface area (Å²) in [6.45, 7) is 1.92. The molecule has 0 aliphatic rings. The molecule has 3 nitrogen and oxygen atoms in total. The van der Waals surface area contributed by atoms with Crippen molar-refractivity contribution < 1.29 is 4.42 Å². The summed E-state index contributed by atoms with van der Waals surface area (Å²) in [5.74, 6) is 0.764. The second-order valence-corrected chi connectivity index (χ2v) is 4.63.